The van der Waals surface area contributed by atoms with Crippen molar-refractivity contribution in [3.05, 3.63) is 24.0 Å². The van der Waals surface area contributed by atoms with Crippen LogP contribution in [0.4, 0.5) is 0 Å². The van der Waals surface area contributed by atoms with E-state index in [-0.39, 0.29) is 0 Å². The van der Waals surface area contributed by atoms with Crippen LogP contribution in [-0.4, -0.2) is 11.1 Å². The molecule has 0 radical (unpaired) electrons. The van der Waals surface area contributed by atoms with E-state index in [2.05, 4.69) is 56.0 Å². The van der Waals surface area contributed by atoms with Crippen LogP contribution in [0.25, 0.3) is 0 Å². The van der Waals surface area contributed by atoms with Gasteiger partial charge in [-0.25, -0.2) is 0 Å². The van der Waals surface area contributed by atoms with Gasteiger partial charge in [-0.1, -0.05) is 20.8 Å². The predicted molar refractivity (Wildman–Crippen MR) is 65.9 cm³/mol. The van der Waals surface area contributed by atoms with Crippen LogP contribution < -0.4 is 5.32 Å². The molecule has 1 rings (SSSR count). The second-order valence-electron chi connectivity index (χ2n) is 4.97. The summed E-state index contributed by atoms with van der Waals surface area (Å²) in [6, 6.07) is 2.19. The van der Waals surface area contributed by atoms with Crippen LogP contribution in [0.15, 0.2) is 18.5 Å². The topological polar surface area (TPSA) is 17.0 Å². The molecule has 86 valence electrons. The van der Waals surface area contributed by atoms with Crippen molar-refractivity contribution in [1.82, 2.24) is 9.88 Å². The lowest BCUT2D eigenvalue weighted by molar-refractivity contribution is 0.327. The van der Waals surface area contributed by atoms with Crippen molar-refractivity contribution in [2.75, 3.05) is 6.54 Å². The summed E-state index contributed by atoms with van der Waals surface area (Å²) in [6.07, 6.45) is 5.57. The number of aromatic nitrogens is 1. The first-order chi connectivity index (χ1) is 7.07. The van der Waals surface area contributed by atoms with Gasteiger partial charge in [-0.2, -0.15) is 0 Å². The van der Waals surface area contributed by atoms with Gasteiger partial charge in [0.05, 0.1) is 0 Å². The van der Waals surface area contributed by atoms with Crippen LogP contribution in [0.2, 0.25) is 0 Å². The highest BCUT2D eigenvalue weighted by molar-refractivity contribution is 5.09. The zero-order valence-corrected chi connectivity index (χ0v) is 10.5. The van der Waals surface area contributed by atoms with Crippen molar-refractivity contribution < 1.29 is 0 Å². The third kappa shape index (κ3) is 4.08. The minimum absolute atomic E-state index is 0.410. The molecule has 0 aliphatic rings. The first-order valence-corrected chi connectivity index (χ1v) is 5.93. The second-order valence-corrected chi connectivity index (χ2v) is 4.97. The van der Waals surface area contributed by atoms with Crippen molar-refractivity contribution in [1.29, 1.82) is 0 Å². The molecule has 0 unspecified atom stereocenters. The van der Waals surface area contributed by atoms with Crippen LogP contribution in [0.3, 0.4) is 0 Å². The van der Waals surface area contributed by atoms with E-state index in [9.17, 15) is 0 Å². The molecule has 0 saturated carbocycles. The molecule has 0 aromatic carbocycles. The highest BCUT2D eigenvalue weighted by atomic mass is 14.9. The van der Waals surface area contributed by atoms with E-state index < -0.39 is 0 Å². The molecule has 0 aliphatic heterocycles. The summed E-state index contributed by atoms with van der Waals surface area (Å²) in [6.45, 7) is 12.1. The Bertz CT molecular complexity index is 286. The molecule has 2 heteroatoms. The lowest BCUT2D eigenvalue weighted by atomic mass is 9.90. The van der Waals surface area contributed by atoms with Crippen LogP contribution in [-0.2, 0) is 13.1 Å². The molecular weight excluding hydrogens is 184 g/mol. The Labute approximate surface area is 93.7 Å². The molecule has 1 heterocycles. The fourth-order valence-electron chi connectivity index (χ4n) is 1.46. The Morgan fingerprint density at radius 3 is 2.60 bits per heavy atom. The smallest absolute Gasteiger partial charge is 0.0220 e. The van der Waals surface area contributed by atoms with Crippen molar-refractivity contribution in [3.8, 4) is 0 Å². The molecule has 0 amide bonds. The fraction of sp³-hybridized carbons (Fsp3) is 0.692. The predicted octanol–water partition coefficient (Wildman–Crippen LogP) is 3.03. The van der Waals surface area contributed by atoms with E-state index in [1.54, 1.807) is 0 Å². The first kappa shape index (κ1) is 12.3. The number of hydrogen-bond acceptors (Lipinski definition) is 1. The van der Waals surface area contributed by atoms with Crippen LogP contribution >= 0.6 is 0 Å². The molecule has 0 saturated heterocycles. The Balaban J connectivity index is 2.31. The summed E-state index contributed by atoms with van der Waals surface area (Å²) in [5.41, 5.74) is 1.79. The van der Waals surface area contributed by atoms with Gasteiger partial charge in [0, 0.05) is 32.0 Å². The number of hydrogen-bond donors (Lipinski definition) is 1. The quantitative estimate of drug-likeness (QED) is 0.760. The maximum atomic E-state index is 3.52. The van der Waals surface area contributed by atoms with Gasteiger partial charge in [-0.15, -0.1) is 0 Å². The molecule has 0 bridgehead atoms. The second kappa shape index (κ2) is 5.36. The molecule has 0 atom stereocenters. The number of rotatable bonds is 6. The van der Waals surface area contributed by atoms with Crippen LogP contribution in [0, 0.1) is 5.41 Å². The number of nitrogens with zero attached hydrogens (tertiary/aromatic N) is 1. The summed E-state index contributed by atoms with van der Waals surface area (Å²) in [5, 5.41) is 3.52. The zero-order chi connectivity index (χ0) is 11.3. The molecule has 2 nitrogen and oxygen atoms in total. The highest BCUT2D eigenvalue weighted by Gasteiger charge is 2.13. The van der Waals surface area contributed by atoms with E-state index in [4.69, 9.17) is 0 Å². The average Bonchev–Trinajstić information content (AvgIpc) is 2.66. The van der Waals surface area contributed by atoms with Gasteiger partial charge in [-0.05, 0) is 30.4 Å². The van der Waals surface area contributed by atoms with Crippen molar-refractivity contribution >= 4 is 0 Å². The molecular formula is C13H24N2. The van der Waals surface area contributed by atoms with Crippen molar-refractivity contribution in [2.45, 2.75) is 47.2 Å². The molecule has 0 aliphatic carbocycles. The molecule has 1 aromatic rings. The molecule has 0 fully saturated rings. The largest absolute Gasteiger partial charge is 0.354 e. The van der Waals surface area contributed by atoms with Gasteiger partial charge in [0.25, 0.3) is 0 Å². The maximum absolute atomic E-state index is 3.52. The molecule has 15 heavy (non-hydrogen) atoms. The molecule has 0 spiro atoms. The van der Waals surface area contributed by atoms with Gasteiger partial charge < -0.3 is 9.88 Å². The van der Waals surface area contributed by atoms with E-state index >= 15 is 0 Å². The fourth-order valence-corrected chi connectivity index (χ4v) is 1.46. The van der Waals surface area contributed by atoms with E-state index in [1.165, 1.54) is 12.0 Å². The Morgan fingerprint density at radius 1 is 1.33 bits per heavy atom. The van der Waals surface area contributed by atoms with Gasteiger partial charge in [0.1, 0.15) is 0 Å². The van der Waals surface area contributed by atoms with Gasteiger partial charge in [-0.3, -0.25) is 0 Å². The number of nitrogens with one attached hydrogen (secondary N) is 1. The Kier molecular flexibility index (Phi) is 4.40. The Morgan fingerprint density at radius 2 is 2.07 bits per heavy atom. The van der Waals surface area contributed by atoms with E-state index in [0.29, 0.717) is 5.41 Å². The molecule has 1 aromatic heterocycles. The SMILES string of the molecule is CCn1ccc(CNCC(C)(C)CC)c1. The lowest BCUT2D eigenvalue weighted by Crippen LogP contribution is -2.28. The van der Waals surface area contributed by atoms with Crippen LogP contribution in [0.5, 0.6) is 0 Å². The van der Waals surface area contributed by atoms with Gasteiger partial charge >= 0.3 is 0 Å². The van der Waals surface area contributed by atoms with E-state index in [1.807, 2.05) is 0 Å². The molecule has 1 N–H and O–H groups in total. The normalized spacial score (nSPS) is 12.0. The minimum atomic E-state index is 0.410. The van der Waals surface area contributed by atoms with Gasteiger partial charge in [0.2, 0.25) is 0 Å². The Hall–Kier alpha value is -0.760. The van der Waals surface area contributed by atoms with Gasteiger partial charge in [0.15, 0.2) is 0 Å². The third-order valence-electron chi connectivity index (χ3n) is 3.07. The zero-order valence-electron chi connectivity index (χ0n) is 10.5. The summed E-state index contributed by atoms with van der Waals surface area (Å²) in [7, 11) is 0. The highest BCUT2D eigenvalue weighted by Crippen LogP contribution is 2.17. The monoisotopic (exact) mass is 208 g/mol. The summed E-state index contributed by atoms with van der Waals surface area (Å²) >= 11 is 0. The van der Waals surface area contributed by atoms with Crippen molar-refractivity contribution in [2.24, 2.45) is 5.41 Å². The number of aryl methyl sites for hydroxylation is 1. The van der Waals surface area contributed by atoms with Crippen molar-refractivity contribution in [3.63, 3.8) is 0 Å². The summed E-state index contributed by atoms with van der Waals surface area (Å²) in [5.74, 6) is 0. The van der Waals surface area contributed by atoms with E-state index in [0.717, 1.165) is 19.6 Å². The first-order valence-electron chi connectivity index (χ1n) is 5.93. The standard InChI is InChI=1S/C13H24N2/c1-5-13(3,4)11-14-9-12-7-8-15(6-2)10-12/h7-8,10,14H,5-6,9,11H2,1-4H3. The maximum Gasteiger partial charge on any atom is 0.0220 e. The third-order valence-corrected chi connectivity index (χ3v) is 3.07. The van der Waals surface area contributed by atoms with Crippen LogP contribution in [0.1, 0.15) is 39.7 Å². The minimum Gasteiger partial charge on any atom is -0.354 e. The average molecular weight is 208 g/mol. The summed E-state index contributed by atoms with van der Waals surface area (Å²) < 4.78 is 2.21. The lowest BCUT2D eigenvalue weighted by Gasteiger charge is -2.22. The summed E-state index contributed by atoms with van der Waals surface area (Å²) in [4.78, 5) is 0.